The van der Waals surface area contributed by atoms with Crippen LogP contribution in [0.4, 0.5) is 5.69 Å². The average Bonchev–Trinajstić information content (AvgIpc) is 2.96. The van der Waals surface area contributed by atoms with Crippen LogP contribution >= 0.6 is 0 Å². The molecule has 0 aromatic heterocycles. The molecule has 0 radical (unpaired) electrons. The van der Waals surface area contributed by atoms with Crippen molar-refractivity contribution in [3.8, 4) is 0 Å². The number of anilines is 1. The van der Waals surface area contributed by atoms with Crippen LogP contribution in [0.5, 0.6) is 0 Å². The summed E-state index contributed by atoms with van der Waals surface area (Å²) < 4.78 is 0. The second-order valence-corrected chi connectivity index (χ2v) is 14.1. The lowest BCUT2D eigenvalue weighted by Gasteiger charge is -2.43. The molecular formula is C42H67N. The first-order valence-electron chi connectivity index (χ1n) is 17.2. The second kappa shape index (κ2) is 18.3. The minimum absolute atomic E-state index is 0.0858. The second-order valence-electron chi connectivity index (χ2n) is 14.1. The Balaban J connectivity index is 0.000000340. The maximum absolute atomic E-state index is 2.42. The molecule has 43 heavy (non-hydrogen) atoms. The molecule has 0 aliphatic carbocycles. The van der Waals surface area contributed by atoms with Crippen molar-refractivity contribution in [2.45, 2.75) is 127 Å². The highest BCUT2D eigenvalue weighted by atomic mass is 15.2. The zero-order chi connectivity index (χ0) is 32.8. The zero-order valence-electron chi connectivity index (χ0n) is 30.5. The van der Waals surface area contributed by atoms with Gasteiger partial charge in [0, 0.05) is 23.2 Å². The third kappa shape index (κ3) is 9.72. The Bertz CT molecular complexity index is 1020. The van der Waals surface area contributed by atoms with Gasteiger partial charge >= 0.3 is 0 Å². The summed E-state index contributed by atoms with van der Waals surface area (Å²) in [7, 11) is 0. The highest BCUT2D eigenvalue weighted by molar-refractivity contribution is 5.47. The minimum Gasteiger partial charge on any atom is -0.367 e. The van der Waals surface area contributed by atoms with E-state index in [0.717, 1.165) is 11.8 Å². The standard InChI is InChI=1S/C19H24.C12H19N.C11H24/c1-15(2)19(16(3)4,17-11-7-5-8-12-17)18-13-9-6-10-14-18;1-10(2)13(11(3)4)12-8-6-5-7-9-12;1-7-11(8-2,9(3)4)10(5)6/h5-16H,1-4H3;5-11H,1-4H3;9-10H,7-8H2,1-6H3. The largest absolute Gasteiger partial charge is 0.367 e. The van der Waals surface area contributed by atoms with Gasteiger partial charge < -0.3 is 4.90 Å². The maximum atomic E-state index is 2.42. The molecule has 0 saturated carbocycles. The SMILES string of the molecule is CC(C)C(c1ccccc1)(c1ccccc1)C(C)C.CC(C)N(c1ccccc1)C(C)C.CCC(CC)(C(C)C)C(C)C. The number of para-hydroxylation sites is 1. The van der Waals surface area contributed by atoms with E-state index in [1.165, 1.54) is 29.7 Å². The molecule has 0 N–H and O–H groups in total. The van der Waals surface area contributed by atoms with Gasteiger partial charge in [-0.1, -0.05) is 148 Å². The molecule has 0 atom stereocenters. The van der Waals surface area contributed by atoms with E-state index < -0.39 is 0 Å². The van der Waals surface area contributed by atoms with Gasteiger partial charge in [-0.05, 0) is 92.9 Å². The van der Waals surface area contributed by atoms with Crippen LogP contribution < -0.4 is 4.90 Å². The smallest absolute Gasteiger partial charge is 0.0370 e. The molecule has 0 fully saturated rings. The monoisotopic (exact) mass is 586 g/mol. The Labute approximate surface area is 268 Å². The van der Waals surface area contributed by atoms with Crippen molar-refractivity contribution in [1.82, 2.24) is 0 Å². The first-order chi connectivity index (χ1) is 20.2. The predicted octanol–water partition coefficient (Wildman–Crippen LogP) is 12.7. The molecule has 0 saturated heterocycles. The van der Waals surface area contributed by atoms with Crippen molar-refractivity contribution in [2.24, 2.45) is 29.1 Å². The first kappa shape index (κ1) is 38.5. The average molecular weight is 586 g/mol. The van der Waals surface area contributed by atoms with Gasteiger partial charge in [0.1, 0.15) is 0 Å². The van der Waals surface area contributed by atoms with Crippen LogP contribution in [0.2, 0.25) is 0 Å². The van der Waals surface area contributed by atoms with Gasteiger partial charge in [-0.15, -0.1) is 0 Å². The molecule has 0 heterocycles. The van der Waals surface area contributed by atoms with Crippen LogP contribution in [-0.2, 0) is 5.41 Å². The molecule has 0 spiro atoms. The summed E-state index contributed by atoms with van der Waals surface area (Å²) in [5.74, 6) is 2.74. The van der Waals surface area contributed by atoms with Crippen LogP contribution in [0.25, 0.3) is 0 Å². The molecule has 0 aliphatic rings. The number of hydrogen-bond donors (Lipinski definition) is 0. The number of benzene rings is 3. The van der Waals surface area contributed by atoms with Crippen LogP contribution in [0, 0.1) is 29.1 Å². The van der Waals surface area contributed by atoms with E-state index in [2.05, 4.69) is 193 Å². The number of rotatable bonds is 11. The fraction of sp³-hybridized carbons (Fsp3) is 0.571. The fourth-order valence-electron chi connectivity index (χ4n) is 7.94. The Morgan fingerprint density at radius 3 is 0.953 bits per heavy atom. The lowest BCUT2D eigenvalue weighted by Crippen LogP contribution is -2.39. The zero-order valence-corrected chi connectivity index (χ0v) is 30.5. The van der Waals surface area contributed by atoms with Gasteiger partial charge in [0.15, 0.2) is 0 Å². The molecule has 3 aromatic rings. The van der Waals surface area contributed by atoms with Crippen molar-refractivity contribution in [3.05, 3.63) is 102 Å². The number of hydrogen-bond acceptors (Lipinski definition) is 1. The van der Waals surface area contributed by atoms with E-state index in [-0.39, 0.29) is 5.41 Å². The summed E-state index contributed by atoms with van der Waals surface area (Å²) in [5, 5.41) is 0. The lowest BCUT2D eigenvalue weighted by atomic mass is 9.61. The van der Waals surface area contributed by atoms with E-state index in [0.29, 0.717) is 29.3 Å². The van der Waals surface area contributed by atoms with Crippen molar-refractivity contribution in [1.29, 1.82) is 0 Å². The van der Waals surface area contributed by atoms with E-state index in [4.69, 9.17) is 0 Å². The van der Waals surface area contributed by atoms with Crippen LogP contribution in [0.15, 0.2) is 91.0 Å². The summed E-state index contributed by atoms with van der Waals surface area (Å²) in [6.07, 6.45) is 2.64. The Morgan fingerprint density at radius 2 is 0.744 bits per heavy atom. The molecule has 0 bridgehead atoms. The van der Waals surface area contributed by atoms with E-state index in [9.17, 15) is 0 Å². The normalized spacial score (nSPS) is 12.0. The van der Waals surface area contributed by atoms with Gasteiger partial charge in [0.25, 0.3) is 0 Å². The van der Waals surface area contributed by atoms with Crippen molar-refractivity contribution in [3.63, 3.8) is 0 Å². The van der Waals surface area contributed by atoms with Crippen molar-refractivity contribution >= 4 is 5.69 Å². The number of nitrogens with zero attached hydrogens (tertiary/aromatic N) is 1. The molecule has 0 amide bonds. The van der Waals surface area contributed by atoms with Crippen molar-refractivity contribution in [2.75, 3.05) is 4.90 Å². The Hall–Kier alpha value is -2.54. The molecule has 1 nitrogen and oxygen atoms in total. The van der Waals surface area contributed by atoms with Gasteiger partial charge in [0.2, 0.25) is 0 Å². The van der Waals surface area contributed by atoms with E-state index in [1.807, 2.05) is 0 Å². The first-order valence-corrected chi connectivity index (χ1v) is 17.2. The third-order valence-electron chi connectivity index (χ3n) is 10.1. The molecule has 3 aromatic carbocycles. The topological polar surface area (TPSA) is 3.24 Å². The van der Waals surface area contributed by atoms with Gasteiger partial charge in [0.05, 0.1) is 0 Å². The fourth-order valence-corrected chi connectivity index (χ4v) is 7.94. The Morgan fingerprint density at radius 1 is 0.442 bits per heavy atom. The quantitative estimate of drug-likeness (QED) is 0.216. The van der Waals surface area contributed by atoms with Gasteiger partial charge in [-0.2, -0.15) is 0 Å². The maximum Gasteiger partial charge on any atom is 0.0370 e. The predicted molar refractivity (Wildman–Crippen MR) is 195 cm³/mol. The molecule has 1 heteroatoms. The lowest BCUT2D eigenvalue weighted by molar-refractivity contribution is 0.0991. The van der Waals surface area contributed by atoms with Crippen LogP contribution in [0.1, 0.15) is 121 Å². The molecule has 0 aliphatic heterocycles. The summed E-state index contributed by atoms with van der Waals surface area (Å²) in [6, 6.07) is 33.6. The molecule has 0 unspecified atom stereocenters. The third-order valence-corrected chi connectivity index (χ3v) is 10.1. The van der Waals surface area contributed by atoms with Crippen LogP contribution in [-0.4, -0.2) is 12.1 Å². The minimum atomic E-state index is 0.0858. The van der Waals surface area contributed by atoms with E-state index in [1.54, 1.807) is 0 Å². The van der Waals surface area contributed by atoms with Gasteiger partial charge in [-0.3, -0.25) is 0 Å². The molecule has 240 valence electrons. The molecular weight excluding hydrogens is 518 g/mol. The highest BCUT2D eigenvalue weighted by Gasteiger charge is 2.40. The van der Waals surface area contributed by atoms with Crippen molar-refractivity contribution < 1.29 is 0 Å². The summed E-state index contributed by atoms with van der Waals surface area (Å²) >= 11 is 0. The van der Waals surface area contributed by atoms with Crippen LogP contribution in [0.3, 0.4) is 0 Å². The molecule has 3 rings (SSSR count). The van der Waals surface area contributed by atoms with Gasteiger partial charge in [-0.25, -0.2) is 0 Å². The van der Waals surface area contributed by atoms with E-state index >= 15 is 0 Å². The summed E-state index contributed by atoms with van der Waals surface area (Å²) in [6.45, 7) is 32.3. The summed E-state index contributed by atoms with van der Waals surface area (Å²) in [5.41, 5.74) is 4.83. The highest BCUT2D eigenvalue weighted by Crippen LogP contribution is 2.45. The summed E-state index contributed by atoms with van der Waals surface area (Å²) in [4.78, 5) is 2.42. The Kier molecular flexibility index (Phi) is 16.4.